The van der Waals surface area contributed by atoms with E-state index in [-0.39, 0.29) is 12.0 Å². The molecule has 9 heavy (non-hydrogen) atoms. The lowest BCUT2D eigenvalue weighted by Crippen LogP contribution is -2.38. The molecule has 0 unspecified atom stereocenters. The van der Waals surface area contributed by atoms with Crippen LogP contribution in [0.2, 0.25) is 0 Å². The number of carbonyl (C=O) groups excluding carboxylic acids is 1. The predicted octanol–water partition coefficient (Wildman–Crippen LogP) is -0.845. The van der Waals surface area contributed by atoms with Crippen LogP contribution < -0.4 is 11.3 Å². The Morgan fingerprint density at radius 3 is 3.00 bits per heavy atom. The average Bonchev–Trinajstić information content (AvgIpc) is 2.37. The zero-order valence-corrected chi connectivity index (χ0v) is 5.09. The van der Waals surface area contributed by atoms with Crippen molar-refractivity contribution in [2.24, 2.45) is 5.84 Å². The molecule has 1 aliphatic rings. The fourth-order valence-corrected chi connectivity index (χ4v) is 0.877. The second-order valence-corrected chi connectivity index (χ2v) is 2.01. The number of carbonyl (C=O) groups is 1. The molecular formula is C5H10N2O2. The fraction of sp³-hybridized carbons (Fsp3) is 0.800. The molecule has 0 bridgehead atoms. The Balaban J connectivity index is 2.32. The van der Waals surface area contributed by atoms with E-state index in [4.69, 9.17) is 10.6 Å². The largest absolute Gasteiger partial charge is 0.368 e. The molecule has 1 saturated heterocycles. The summed E-state index contributed by atoms with van der Waals surface area (Å²) in [6, 6.07) is 0. The van der Waals surface area contributed by atoms with Crippen molar-refractivity contribution < 1.29 is 9.53 Å². The highest BCUT2D eigenvalue weighted by atomic mass is 16.5. The molecule has 1 rings (SSSR count). The summed E-state index contributed by atoms with van der Waals surface area (Å²) in [5.74, 6) is 4.66. The Kier molecular flexibility index (Phi) is 2.02. The number of ether oxygens (including phenoxy) is 1. The molecule has 52 valence electrons. The van der Waals surface area contributed by atoms with Crippen molar-refractivity contribution in [3.05, 3.63) is 0 Å². The van der Waals surface area contributed by atoms with Gasteiger partial charge in [0.2, 0.25) is 0 Å². The van der Waals surface area contributed by atoms with E-state index in [0.717, 1.165) is 12.8 Å². The number of rotatable bonds is 1. The van der Waals surface area contributed by atoms with E-state index < -0.39 is 0 Å². The molecule has 4 heteroatoms. The number of hydrazine groups is 1. The summed E-state index contributed by atoms with van der Waals surface area (Å²) < 4.78 is 5.01. The number of amides is 1. The van der Waals surface area contributed by atoms with Gasteiger partial charge in [0.25, 0.3) is 5.91 Å². The van der Waals surface area contributed by atoms with Gasteiger partial charge in [-0.1, -0.05) is 0 Å². The third-order valence-corrected chi connectivity index (χ3v) is 1.36. The lowest BCUT2D eigenvalue weighted by Gasteiger charge is -2.04. The van der Waals surface area contributed by atoms with Gasteiger partial charge in [-0.3, -0.25) is 10.2 Å². The molecule has 1 aliphatic heterocycles. The summed E-state index contributed by atoms with van der Waals surface area (Å²) in [4.78, 5) is 10.7. The second-order valence-electron chi connectivity index (χ2n) is 2.01. The van der Waals surface area contributed by atoms with Crippen LogP contribution >= 0.6 is 0 Å². The first-order valence-electron chi connectivity index (χ1n) is 2.96. The molecule has 1 fully saturated rings. The molecule has 4 nitrogen and oxygen atoms in total. The summed E-state index contributed by atoms with van der Waals surface area (Å²) >= 11 is 0. The lowest BCUT2D eigenvalue weighted by atomic mass is 10.2. The van der Waals surface area contributed by atoms with Crippen LogP contribution in [0.1, 0.15) is 12.8 Å². The summed E-state index contributed by atoms with van der Waals surface area (Å²) in [7, 11) is 0. The van der Waals surface area contributed by atoms with Gasteiger partial charge >= 0.3 is 0 Å². The maximum atomic E-state index is 10.7. The minimum absolute atomic E-state index is 0.215. The van der Waals surface area contributed by atoms with Crippen LogP contribution in [0.5, 0.6) is 0 Å². The van der Waals surface area contributed by atoms with Gasteiger partial charge in [-0.25, -0.2) is 5.84 Å². The lowest BCUT2D eigenvalue weighted by molar-refractivity contribution is -0.130. The van der Waals surface area contributed by atoms with Gasteiger partial charge < -0.3 is 4.74 Å². The molecule has 0 spiro atoms. The molecule has 0 saturated carbocycles. The SMILES string of the molecule is NNC(=O)[C@H]1CCCO1. The Morgan fingerprint density at radius 1 is 1.78 bits per heavy atom. The Morgan fingerprint density at radius 2 is 2.56 bits per heavy atom. The van der Waals surface area contributed by atoms with Crippen molar-refractivity contribution in [3.8, 4) is 0 Å². The number of nitrogens with two attached hydrogens (primary N) is 1. The first-order chi connectivity index (χ1) is 4.34. The third-order valence-electron chi connectivity index (χ3n) is 1.36. The topological polar surface area (TPSA) is 64.3 Å². The summed E-state index contributed by atoms with van der Waals surface area (Å²) in [5.41, 5.74) is 2.04. The molecule has 0 aromatic carbocycles. The van der Waals surface area contributed by atoms with Crippen molar-refractivity contribution in [1.29, 1.82) is 0 Å². The van der Waals surface area contributed by atoms with E-state index in [1.807, 2.05) is 5.43 Å². The first-order valence-corrected chi connectivity index (χ1v) is 2.96. The van der Waals surface area contributed by atoms with Crippen LogP contribution in [-0.4, -0.2) is 18.6 Å². The molecule has 3 N–H and O–H groups in total. The standard InChI is InChI=1S/C5H10N2O2/c6-7-5(8)4-2-1-3-9-4/h4H,1-3,6H2,(H,7,8)/t4-/m1/s1. The summed E-state index contributed by atoms with van der Waals surface area (Å²) in [5, 5.41) is 0. The van der Waals surface area contributed by atoms with E-state index in [1.165, 1.54) is 0 Å². The maximum Gasteiger partial charge on any atom is 0.262 e. The van der Waals surface area contributed by atoms with Crippen molar-refractivity contribution in [1.82, 2.24) is 5.43 Å². The van der Waals surface area contributed by atoms with Crippen molar-refractivity contribution >= 4 is 5.91 Å². The van der Waals surface area contributed by atoms with Crippen LogP contribution in [0, 0.1) is 0 Å². The van der Waals surface area contributed by atoms with E-state index in [9.17, 15) is 4.79 Å². The van der Waals surface area contributed by atoms with E-state index >= 15 is 0 Å². The normalized spacial score (nSPS) is 26.1. The Hall–Kier alpha value is -0.610. The molecule has 0 aromatic rings. The van der Waals surface area contributed by atoms with Crippen LogP contribution in [0.15, 0.2) is 0 Å². The second kappa shape index (κ2) is 2.80. The molecule has 1 atom stereocenters. The number of hydrogen-bond acceptors (Lipinski definition) is 3. The molecular weight excluding hydrogens is 120 g/mol. The monoisotopic (exact) mass is 130 g/mol. The quantitative estimate of drug-likeness (QED) is 0.276. The predicted molar refractivity (Wildman–Crippen MR) is 31.3 cm³/mol. The average molecular weight is 130 g/mol. The van der Waals surface area contributed by atoms with Crippen LogP contribution in [0.25, 0.3) is 0 Å². The van der Waals surface area contributed by atoms with Gasteiger partial charge in [-0.05, 0) is 12.8 Å². The van der Waals surface area contributed by atoms with Crippen molar-refractivity contribution in [2.45, 2.75) is 18.9 Å². The smallest absolute Gasteiger partial charge is 0.262 e. The van der Waals surface area contributed by atoms with Gasteiger partial charge in [0.15, 0.2) is 0 Å². The summed E-state index contributed by atoms with van der Waals surface area (Å²) in [6.07, 6.45) is 1.45. The highest BCUT2D eigenvalue weighted by Gasteiger charge is 2.21. The number of nitrogens with one attached hydrogen (secondary N) is 1. The fourth-order valence-electron chi connectivity index (χ4n) is 0.877. The molecule has 0 aliphatic carbocycles. The molecule has 0 radical (unpaired) electrons. The zero-order chi connectivity index (χ0) is 6.69. The number of hydrogen-bond donors (Lipinski definition) is 2. The van der Waals surface area contributed by atoms with E-state index in [1.54, 1.807) is 0 Å². The van der Waals surface area contributed by atoms with Crippen LogP contribution in [-0.2, 0) is 9.53 Å². The van der Waals surface area contributed by atoms with E-state index in [2.05, 4.69) is 0 Å². The van der Waals surface area contributed by atoms with Crippen LogP contribution in [0.3, 0.4) is 0 Å². The third kappa shape index (κ3) is 1.40. The zero-order valence-electron chi connectivity index (χ0n) is 5.09. The van der Waals surface area contributed by atoms with Crippen molar-refractivity contribution in [2.75, 3.05) is 6.61 Å². The van der Waals surface area contributed by atoms with Gasteiger partial charge in [0.05, 0.1) is 0 Å². The maximum absolute atomic E-state index is 10.7. The van der Waals surface area contributed by atoms with Gasteiger partial charge in [0, 0.05) is 6.61 Å². The van der Waals surface area contributed by atoms with E-state index in [0.29, 0.717) is 6.61 Å². The Labute approximate surface area is 53.3 Å². The minimum atomic E-state index is -0.296. The van der Waals surface area contributed by atoms with Crippen molar-refractivity contribution in [3.63, 3.8) is 0 Å². The van der Waals surface area contributed by atoms with Crippen LogP contribution in [0.4, 0.5) is 0 Å². The highest BCUT2D eigenvalue weighted by molar-refractivity contribution is 5.80. The van der Waals surface area contributed by atoms with Gasteiger partial charge in [-0.15, -0.1) is 0 Å². The Bertz CT molecular complexity index is 110. The molecule has 1 amide bonds. The molecule has 0 aromatic heterocycles. The van der Waals surface area contributed by atoms with Gasteiger partial charge in [0.1, 0.15) is 6.10 Å². The minimum Gasteiger partial charge on any atom is -0.368 e. The van der Waals surface area contributed by atoms with Gasteiger partial charge in [-0.2, -0.15) is 0 Å². The molecule has 1 heterocycles. The highest BCUT2D eigenvalue weighted by Crippen LogP contribution is 2.10. The summed E-state index contributed by atoms with van der Waals surface area (Å²) in [6.45, 7) is 0.679. The first kappa shape index (κ1) is 6.51.